The number of carbonyl (C=O) groups is 2. The molecule has 4 atom stereocenters. The monoisotopic (exact) mass is 514 g/mol. The summed E-state index contributed by atoms with van der Waals surface area (Å²) >= 11 is 0. The standard InChI is InChI=1S/C25H31FN6O5/c1-14(2)10-18(34)37-20-16(12-35-17(33)11-15-8-6-5-7-9-15)36-23(25(20,3)26)32-13-29-19-21(28-4)30-24(27)31-22(19)32/h5-9,13-14,16,20,23H,10-12H2,1-4H3,(H3,27,28,30,31)/t16-,20-,23-,25-/m1/s1. The fourth-order valence-corrected chi connectivity index (χ4v) is 4.32. The Bertz CT molecular complexity index is 1270. The van der Waals surface area contributed by atoms with Gasteiger partial charge in [0.2, 0.25) is 5.95 Å². The molecule has 1 saturated heterocycles. The van der Waals surface area contributed by atoms with Crippen LogP contribution in [-0.2, 0) is 30.2 Å². The Hall–Kier alpha value is -3.80. The smallest absolute Gasteiger partial charge is 0.310 e. The lowest BCUT2D eigenvalue weighted by atomic mass is 9.98. The molecule has 4 rings (SSSR count). The molecule has 0 bridgehead atoms. The van der Waals surface area contributed by atoms with Crippen LogP contribution in [0.25, 0.3) is 11.2 Å². The molecule has 0 amide bonds. The summed E-state index contributed by atoms with van der Waals surface area (Å²) < 4.78 is 34.9. The molecule has 37 heavy (non-hydrogen) atoms. The number of hydrogen-bond donors (Lipinski definition) is 2. The third-order valence-electron chi connectivity index (χ3n) is 6.04. The SMILES string of the molecule is CNc1nc(N)nc2c1ncn2[C@@H]1O[C@H](COC(=O)Cc2ccccc2)[C@@H](OC(=O)CC(C)C)[C@@]1(C)F. The highest BCUT2D eigenvalue weighted by molar-refractivity contribution is 5.84. The van der Waals surface area contributed by atoms with Crippen LogP contribution in [0.4, 0.5) is 16.2 Å². The predicted molar refractivity (Wildman–Crippen MR) is 133 cm³/mol. The summed E-state index contributed by atoms with van der Waals surface area (Å²) in [5.74, 6) is -0.753. The van der Waals surface area contributed by atoms with E-state index in [1.807, 2.05) is 32.0 Å². The number of ether oxygens (including phenoxy) is 3. The van der Waals surface area contributed by atoms with E-state index in [2.05, 4.69) is 20.3 Å². The van der Waals surface area contributed by atoms with Gasteiger partial charge < -0.3 is 25.3 Å². The summed E-state index contributed by atoms with van der Waals surface area (Å²) in [6.07, 6.45) is -2.23. The van der Waals surface area contributed by atoms with Gasteiger partial charge in [0.25, 0.3) is 0 Å². The van der Waals surface area contributed by atoms with E-state index in [0.29, 0.717) is 11.3 Å². The lowest BCUT2D eigenvalue weighted by Gasteiger charge is -2.28. The Morgan fingerprint density at radius 1 is 1.24 bits per heavy atom. The number of nitrogens with two attached hydrogens (primary N) is 1. The summed E-state index contributed by atoms with van der Waals surface area (Å²) in [6, 6.07) is 9.08. The van der Waals surface area contributed by atoms with E-state index in [-0.39, 0.29) is 37.0 Å². The topological polar surface area (TPSA) is 143 Å². The molecule has 0 radical (unpaired) electrons. The number of nitrogens with zero attached hydrogens (tertiary/aromatic N) is 4. The third kappa shape index (κ3) is 5.63. The fourth-order valence-electron chi connectivity index (χ4n) is 4.32. The number of halogens is 1. The number of rotatable bonds is 9. The largest absolute Gasteiger partial charge is 0.463 e. The first kappa shape index (κ1) is 26.3. The Morgan fingerprint density at radius 3 is 2.65 bits per heavy atom. The van der Waals surface area contributed by atoms with Crippen LogP contribution < -0.4 is 11.1 Å². The van der Waals surface area contributed by atoms with Crippen molar-refractivity contribution in [1.82, 2.24) is 19.5 Å². The molecular formula is C25H31FN6O5. The van der Waals surface area contributed by atoms with Crippen LogP contribution in [0.3, 0.4) is 0 Å². The van der Waals surface area contributed by atoms with Crippen molar-refractivity contribution in [3.63, 3.8) is 0 Å². The van der Waals surface area contributed by atoms with Crippen LogP contribution in [0.15, 0.2) is 36.7 Å². The second kappa shape index (κ2) is 10.7. The molecule has 2 aromatic heterocycles. The number of benzene rings is 1. The number of anilines is 2. The maximum atomic E-state index is 16.5. The van der Waals surface area contributed by atoms with Gasteiger partial charge in [-0.25, -0.2) is 9.37 Å². The van der Waals surface area contributed by atoms with Gasteiger partial charge in [-0.05, 0) is 18.4 Å². The van der Waals surface area contributed by atoms with Gasteiger partial charge in [0, 0.05) is 13.5 Å². The van der Waals surface area contributed by atoms with Gasteiger partial charge in [0.1, 0.15) is 12.7 Å². The minimum atomic E-state index is -2.23. The average Bonchev–Trinajstić information content (AvgIpc) is 3.35. The fraction of sp³-hybridized carbons (Fsp3) is 0.480. The van der Waals surface area contributed by atoms with E-state index in [9.17, 15) is 9.59 Å². The highest BCUT2D eigenvalue weighted by atomic mass is 19.1. The first-order chi connectivity index (χ1) is 17.6. The number of aromatic nitrogens is 4. The Morgan fingerprint density at radius 2 is 1.97 bits per heavy atom. The molecule has 0 unspecified atom stereocenters. The van der Waals surface area contributed by atoms with Crippen LogP contribution in [-0.4, -0.2) is 63.0 Å². The Balaban J connectivity index is 1.60. The van der Waals surface area contributed by atoms with Crippen molar-refractivity contribution >= 4 is 34.9 Å². The van der Waals surface area contributed by atoms with E-state index in [1.165, 1.54) is 17.8 Å². The molecule has 0 spiro atoms. The third-order valence-corrected chi connectivity index (χ3v) is 6.04. The van der Waals surface area contributed by atoms with Crippen molar-refractivity contribution in [3.05, 3.63) is 42.2 Å². The van der Waals surface area contributed by atoms with Crippen molar-refractivity contribution in [2.24, 2.45) is 5.92 Å². The molecule has 1 aliphatic heterocycles. The van der Waals surface area contributed by atoms with Gasteiger partial charge in [0.15, 0.2) is 35.0 Å². The zero-order valence-corrected chi connectivity index (χ0v) is 21.2. The number of alkyl halides is 1. The van der Waals surface area contributed by atoms with E-state index < -0.39 is 36.0 Å². The number of imidazole rings is 1. The minimum absolute atomic E-state index is 0.0101. The summed E-state index contributed by atoms with van der Waals surface area (Å²) in [5, 5.41) is 2.88. The lowest BCUT2D eigenvalue weighted by molar-refractivity contribution is -0.161. The van der Waals surface area contributed by atoms with E-state index >= 15 is 4.39 Å². The van der Waals surface area contributed by atoms with Crippen molar-refractivity contribution < 1.29 is 28.2 Å². The molecule has 12 heteroatoms. The molecule has 3 heterocycles. The quantitative estimate of drug-likeness (QED) is 0.409. The van der Waals surface area contributed by atoms with Gasteiger partial charge in [-0.15, -0.1) is 0 Å². The van der Waals surface area contributed by atoms with Crippen LogP contribution in [0.1, 0.15) is 39.0 Å². The Kier molecular flexibility index (Phi) is 7.58. The molecule has 198 valence electrons. The second-order valence-electron chi connectivity index (χ2n) is 9.54. The molecular weight excluding hydrogens is 483 g/mol. The number of hydrogen-bond acceptors (Lipinski definition) is 10. The van der Waals surface area contributed by atoms with Crippen molar-refractivity contribution in [1.29, 1.82) is 0 Å². The Labute approximate surface area is 213 Å². The van der Waals surface area contributed by atoms with Crippen LogP contribution >= 0.6 is 0 Å². The predicted octanol–water partition coefficient (Wildman–Crippen LogP) is 2.82. The molecule has 1 aromatic carbocycles. The summed E-state index contributed by atoms with van der Waals surface area (Å²) in [5.41, 5.74) is 4.99. The molecule has 11 nitrogen and oxygen atoms in total. The number of nitrogen functional groups attached to an aromatic ring is 1. The van der Waals surface area contributed by atoms with Crippen molar-refractivity contribution in [2.45, 2.75) is 57.7 Å². The van der Waals surface area contributed by atoms with Gasteiger partial charge in [-0.3, -0.25) is 14.2 Å². The molecule has 0 saturated carbocycles. The summed E-state index contributed by atoms with van der Waals surface area (Å²) in [7, 11) is 1.65. The molecule has 3 aromatic rings. The molecule has 1 aliphatic rings. The number of carbonyl (C=O) groups excluding carboxylic acids is 2. The second-order valence-corrected chi connectivity index (χ2v) is 9.54. The number of esters is 2. The first-order valence-electron chi connectivity index (χ1n) is 12.0. The summed E-state index contributed by atoms with van der Waals surface area (Å²) in [4.78, 5) is 37.6. The zero-order chi connectivity index (χ0) is 26.7. The minimum Gasteiger partial charge on any atom is -0.463 e. The van der Waals surface area contributed by atoms with Crippen molar-refractivity contribution in [3.8, 4) is 0 Å². The van der Waals surface area contributed by atoms with Gasteiger partial charge in [0.05, 0.1) is 12.7 Å². The summed E-state index contributed by atoms with van der Waals surface area (Å²) in [6.45, 7) is 4.67. The first-order valence-corrected chi connectivity index (χ1v) is 12.0. The van der Waals surface area contributed by atoms with Gasteiger partial charge in [-0.2, -0.15) is 9.97 Å². The molecule has 1 fully saturated rings. The van der Waals surface area contributed by atoms with E-state index in [4.69, 9.17) is 19.9 Å². The van der Waals surface area contributed by atoms with Crippen LogP contribution in [0.2, 0.25) is 0 Å². The highest BCUT2D eigenvalue weighted by Gasteiger charge is 2.58. The van der Waals surface area contributed by atoms with Crippen LogP contribution in [0.5, 0.6) is 0 Å². The zero-order valence-electron chi connectivity index (χ0n) is 21.2. The number of nitrogens with one attached hydrogen (secondary N) is 1. The van der Waals surface area contributed by atoms with E-state index in [0.717, 1.165) is 5.56 Å². The normalized spacial score (nSPS) is 23.4. The molecule has 0 aliphatic carbocycles. The highest BCUT2D eigenvalue weighted by Crippen LogP contribution is 2.44. The van der Waals surface area contributed by atoms with E-state index in [1.54, 1.807) is 19.2 Å². The van der Waals surface area contributed by atoms with Gasteiger partial charge in [-0.1, -0.05) is 44.2 Å². The van der Waals surface area contributed by atoms with Crippen molar-refractivity contribution in [2.75, 3.05) is 24.7 Å². The molecule has 3 N–H and O–H groups in total. The van der Waals surface area contributed by atoms with Gasteiger partial charge >= 0.3 is 11.9 Å². The van der Waals surface area contributed by atoms with Crippen LogP contribution in [0, 0.1) is 5.92 Å². The maximum absolute atomic E-state index is 16.5. The number of fused-ring (bicyclic) bond motifs is 1. The maximum Gasteiger partial charge on any atom is 0.310 e. The lowest BCUT2D eigenvalue weighted by Crippen LogP contribution is -2.44. The average molecular weight is 515 g/mol.